The number of carbonyl (C=O) groups is 1. The number of nitrogens with two attached hydrogens (primary N) is 1. The third-order valence-electron chi connectivity index (χ3n) is 11.9. The summed E-state index contributed by atoms with van der Waals surface area (Å²) >= 11 is 0. The van der Waals surface area contributed by atoms with Crippen LogP contribution in [-0.2, 0) is 34.3 Å². The number of aromatic amines is 1. The van der Waals surface area contributed by atoms with Gasteiger partial charge in [0.2, 0.25) is 0 Å². The summed E-state index contributed by atoms with van der Waals surface area (Å²) in [4.78, 5) is 21.3. The molecule has 0 bridgehead atoms. The van der Waals surface area contributed by atoms with Gasteiger partial charge in [-0.1, -0.05) is 94.8 Å². The van der Waals surface area contributed by atoms with Gasteiger partial charge in [-0.15, -0.1) is 0 Å². The molecule has 3 atom stereocenters. The van der Waals surface area contributed by atoms with Gasteiger partial charge in [-0.2, -0.15) is 0 Å². The van der Waals surface area contributed by atoms with Crippen LogP contribution in [0.3, 0.4) is 0 Å². The number of benzene rings is 4. The number of rotatable bonds is 9. The van der Waals surface area contributed by atoms with Crippen molar-refractivity contribution in [3.05, 3.63) is 107 Å². The van der Waals surface area contributed by atoms with Crippen LogP contribution in [0.1, 0.15) is 108 Å². The van der Waals surface area contributed by atoms with Gasteiger partial charge in [-0.25, -0.2) is 9.78 Å². The molecule has 0 radical (unpaired) electrons. The summed E-state index contributed by atoms with van der Waals surface area (Å²) in [5, 5.41) is 0. The summed E-state index contributed by atoms with van der Waals surface area (Å²) in [7, 11) is 0. The number of esters is 1. The molecule has 0 aliphatic heterocycles. The first kappa shape index (κ1) is 36.0. The van der Waals surface area contributed by atoms with Crippen LogP contribution in [-0.4, -0.2) is 28.1 Å². The molecule has 0 spiro atoms. The molecular weight excluding hydrogens is 643 g/mol. The van der Waals surface area contributed by atoms with Crippen molar-refractivity contribution in [1.29, 1.82) is 0 Å². The molecule has 4 aromatic carbocycles. The number of carbonyl (C=O) groups excluding carboxylic acids is 1. The molecule has 272 valence electrons. The van der Waals surface area contributed by atoms with Crippen LogP contribution in [0.2, 0.25) is 0 Å². The first-order chi connectivity index (χ1) is 24.8. The number of hydrogen-bond acceptors (Lipinski definition) is 5. The second-order valence-corrected chi connectivity index (χ2v) is 17.1. The van der Waals surface area contributed by atoms with Crippen LogP contribution in [0.15, 0.2) is 78.9 Å². The van der Waals surface area contributed by atoms with Crippen molar-refractivity contribution in [2.24, 2.45) is 17.1 Å². The molecule has 2 aliphatic rings. The highest BCUT2D eigenvalue weighted by Crippen LogP contribution is 2.59. The van der Waals surface area contributed by atoms with E-state index >= 15 is 0 Å². The highest BCUT2D eigenvalue weighted by molar-refractivity contribution is 5.89. The van der Waals surface area contributed by atoms with Gasteiger partial charge in [-0.05, 0) is 133 Å². The second kappa shape index (κ2) is 13.9. The fraction of sp³-hybridized carbons (Fsp3) is 0.435. The highest BCUT2D eigenvalue weighted by atomic mass is 16.6. The molecule has 6 heteroatoms. The van der Waals surface area contributed by atoms with Gasteiger partial charge in [0.1, 0.15) is 17.2 Å². The Morgan fingerprint density at radius 3 is 2.50 bits per heavy atom. The third-order valence-corrected chi connectivity index (χ3v) is 11.9. The fourth-order valence-electron chi connectivity index (χ4n) is 9.40. The van der Waals surface area contributed by atoms with Gasteiger partial charge < -0.3 is 20.2 Å². The number of nitrogens with zero attached hydrogens (tertiary/aromatic N) is 1. The van der Waals surface area contributed by atoms with Crippen molar-refractivity contribution in [2.45, 2.75) is 110 Å². The Morgan fingerprint density at radius 1 is 0.981 bits per heavy atom. The van der Waals surface area contributed by atoms with Gasteiger partial charge in [-0.3, -0.25) is 0 Å². The van der Waals surface area contributed by atoms with Crippen molar-refractivity contribution in [1.82, 2.24) is 9.97 Å². The maximum absolute atomic E-state index is 12.4. The van der Waals surface area contributed by atoms with E-state index in [4.69, 9.17) is 20.2 Å². The largest absolute Gasteiger partial charge is 0.482 e. The topological polar surface area (TPSA) is 90.2 Å². The third kappa shape index (κ3) is 7.02. The Labute approximate surface area is 309 Å². The van der Waals surface area contributed by atoms with E-state index in [-0.39, 0.29) is 17.4 Å². The first-order valence-electron chi connectivity index (χ1n) is 19.2. The molecule has 1 fully saturated rings. The zero-order chi connectivity index (χ0) is 36.8. The Balaban J connectivity index is 1.27. The lowest BCUT2D eigenvalue weighted by atomic mass is 9.48. The van der Waals surface area contributed by atoms with E-state index in [0.29, 0.717) is 24.1 Å². The number of nitrogens with one attached hydrogen (secondary N) is 1. The average Bonchev–Trinajstić information content (AvgIpc) is 3.55. The maximum atomic E-state index is 12.4. The van der Waals surface area contributed by atoms with Crippen LogP contribution in [0, 0.1) is 11.3 Å². The van der Waals surface area contributed by atoms with Gasteiger partial charge in [0.15, 0.2) is 6.61 Å². The Kier molecular flexibility index (Phi) is 9.58. The number of fused-ring (bicyclic) bond motifs is 4. The minimum absolute atomic E-state index is 0.0934. The number of aromatic nitrogens is 2. The molecule has 5 aromatic rings. The van der Waals surface area contributed by atoms with Gasteiger partial charge in [0.05, 0.1) is 11.0 Å². The van der Waals surface area contributed by atoms with Crippen LogP contribution >= 0.6 is 0 Å². The van der Waals surface area contributed by atoms with Gasteiger partial charge in [0.25, 0.3) is 0 Å². The first-order valence-corrected chi connectivity index (χ1v) is 19.2. The number of ether oxygens (including phenoxy) is 2. The number of H-pyrrole nitrogens is 1. The SMILES string of the molecule is CC(C)c1ccc2c(c1)CC[C@H]1[C@@](C)(Cc3c(-c4ccc(CN)cc4)ccc4[nH]c(-c5cccc(OCC(=O)OC(C)(C)C)c5)nc34)CCC[C@]21C. The standard InChI is InChI=1S/C46H55N3O3/c1-29(2)32-16-19-38-33(24-32)17-21-40-45(6,22-9-23-46(38,40)7)26-37-36(31-14-12-30(27-47)13-15-31)18-20-39-42(37)49-43(48-39)34-10-8-11-35(25-34)51-28-41(50)52-44(3,4)5/h8,10-16,18-20,24-25,29,40H,9,17,21-23,26-28,47H2,1-7H3,(H,48,49)/t40-,45+,46+/m0/s1. The van der Waals surface area contributed by atoms with Crippen molar-refractivity contribution < 1.29 is 14.3 Å². The van der Waals surface area contributed by atoms with E-state index in [1.165, 1.54) is 47.9 Å². The molecule has 7 rings (SSSR count). The van der Waals surface area contributed by atoms with Gasteiger partial charge >= 0.3 is 5.97 Å². The number of aryl methyl sites for hydroxylation is 1. The van der Waals surface area contributed by atoms with E-state index in [1.807, 2.05) is 45.0 Å². The predicted octanol–water partition coefficient (Wildman–Crippen LogP) is 10.5. The molecule has 52 heavy (non-hydrogen) atoms. The Hall–Kier alpha value is -4.42. The van der Waals surface area contributed by atoms with E-state index in [1.54, 1.807) is 11.1 Å². The van der Waals surface area contributed by atoms with Crippen LogP contribution in [0.5, 0.6) is 5.75 Å². The summed E-state index contributed by atoms with van der Waals surface area (Å²) in [5.41, 5.74) is 18.0. The number of hydrogen-bond donors (Lipinski definition) is 2. The Bertz CT molecular complexity index is 2090. The van der Waals surface area contributed by atoms with Crippen LogP contribution in [0.4, 0.5) is 0 Å². The van der Waals surface area contributed by atoms with Crippen molar-refractivity contribution in [3.8, 4) is 28.3 Å². The summed E-state index contributed by atoms with van der Waals surface area (Å²) in [6.45, 7) is 15.6. The molecule has 3 N–H and O–H groups in total. The average molecular weight is 698 g/mol. The fourth-order valence-corrected chi connectivity index (χ4v) is 9.40. The molecule has 1 saturated carbocycles. The van der Waals surface area contributed by atoms with E-state index in [0.717, 1.165) is 40.8 Å². The van der Waals surface area contributed by atoms with E-state index < -0.39 is 11.6 Å². The quantitative estimate of drug-likeness (QED) is 0.150. The van der Waals surface area contributed by atoms with Crippen LogP contribution < -0.4 is 10.5 Å². The smallest absolute Gasteiger partial charge is 0.344 e. The van der Waals surface area contributed by atoms with Crippen molar-refractivity contribution >= 4 is 17.0 Å². The molecule has 1 heterocycles. The van der Waals surface area contributed by atoms with Crippen molar-refractivity contribution in [3.63, 3.8) is 0 Å². The zero-order valence-corrected chi connectivity index (χ0v) is 32.1. The van der Waals surface area contributed by atoms with E-state index in [9.17, 15) is 4.79 Å². The van der Waals surface area contributed by atoms with Crippen LogP contribution in [0.25, 0.3) is 33.5 Å². The Morgan fingerprint density at radius 2 is 1.77 bits per heavy atom. The molecule has 0 unspecified atom stereocenters. The summed E-state index contributed by atoms with van der Waals surface area (Å²) in [6.07, 6.45) is 6.94. The lowest BCUT2D eigenvalue weighted by Crippen LogP contribution is -2.50. The molecule has 0 amide bonds. The molecule has 1 aromatic heterocycles. The number of imidazole rings is 1. The predicted molar refractivity (Wildman–Crippen MR) is 212 cm³/mol. The molecule has 0 saturated heterocycles. The minimum atomic E-state index is -0.564. The monoisotopic (exact) mass is 697 g/mol. The lowest BCUT2D eigenvalue weighted by Gasteiger charge is -2.56. The maximum Gasteiger partial charge on any atom is 0.344 e. The normalized spacial score (nSPS) is 21.5. The second-order valence-electron chi connectivity index (χ2n) is 17.1. The molecular formula is C46H55N3O3. The molecule has 6 nitrogen and oxygen atoms in total. The summed E-state index contributed by atoms with van der Waals surface area (Å²) in [5.74, 6) is 2.08. The van der Waals surface area contributed by atoms with E-state index in [2.05, 4.69) is 87.3 Å². The summed E-state index contributed by atoms with van der Waals surface area (Å²) in [6, 6.07) is 28.3. The zero-order valence-electron chi connectivity index (χ0n) is 32.1. The van der Waals surface area contributed by atoms with Crippen molar-refractivity contribution in [2.75, 3.05) is 6.61 Å². The van der Waals surface area contributed by atoms with Gasteiger partial charge in [0, 0.05) is 12.1 Å². The highest BCUT2D eigenvalue weighted by Gasteiger charge is 2.52. The summed E-state index contributed by atoms with van der Waals surface area (Å²) < 4.78 is 11.3. The minimum Gasteiger partial charge on any atom is -0.482 e. The molecule has 2 aliphatic carbocycles. The lowest BCUT2D eigenvalue weighted by molar-refractivity contribution is -0.157.